The molecule has 6 nitrogen and oxygen atoms in total. The lowest BCUT2D eigenvalue weighted by atomic mass is 9.98. The number of halogens is 1. The topological polar surface area (TPSA) is 57.2 Å². The number of aliphatic imine (C=N–C) groups is 1. The predicted molar refractivity (Wildman–Crippen MR) is 145 cm³/mol. The second-order valence-corrected chi connectivity index (χ2v) is 10.5. The van der Waals surface area contributed by atoms with Crippen LogP contribution in [0.15, 0.2) is 29.3 Å². The van der Waals surface area contributed by atoms with E-state index in [1.165, 1.54) is 11.3 Å². The van der Waals surface area contributed by atoms with Gasteiger partial charge in [0.05, 0.1) is 0 Å². The van der Waals surface area contributed by atoms with E-state index in [0.29, 0.717) is 18.2 Å². The molecule has 0 saturated carbocycles. The van der Waals surface area contributed by atoms with Crippen molar-refractivity contribution in [1.82, 2.24) is 10.2 Å². The molecule has 2 fully saturated rings. The number of amides is 1. The van der Waals surface area contributed by atoms with Gasteiger partial charge in [-0.2, -0.15) is 11.8 Å². The number of likely N-dealkylation sites (tertiary alicyclic amines) is 1. The molecule has 32 heavy (non-hydrogen) atoms. The minimum Gasteiger partial charge on any atom is -0.381 e. The largest absolute Gasteiger partial charge is 0.381 e. The average molecular weight is 573 g/mol. The SMILES string of the molecule is CCSC1(CNC(=NC)N2CC(CCN3CCCC3=O)c3ccccc32)CCOCC1.I. The van der Waals surface area contributed by atoms with Crippen LogP contribution in [-0.2, 0) is 9.53 Å². The highest BCUT2D eigenvalue weighted by Gasteiger charge is 2.35. The number of nitrogens with one attached hydrogen (secondary N) is 1. The number of benzene rings is 1. The van der Waals surface area contributed by atoms with E-state index in [0.717, 1.165) is 76.8 Å². The summed E-state index contributed by atoms with van der Waals surface area (Å²) in [5.74, 6) is 2.81. The lowest BCUT2D eigenvalue weighted by Crippen LogP contribution is -2.49. The molecule has 1 amide bonds. The van der Waals surface area contributed by atoms with E-state index in [2.05, 4.69) is 46.4 Å². The number of anilines is 1. The van der Waals surface area contributed by atoms with Crippen LogP contribution in [0.3, 0.4) is 0 Å². The molecule has 2 saturated heterocycles. The van der Waals surface area contributed by atoms with Crippen LogP contribution in [0.2, 0.25) is 0 Å². The van der Waals surface area contributed by atoms with Crippen LogP contribution < -0.4 is 10.2 Å². The third-order valence-corrected chi connectivity index (χ3v) is 8.33. The smallest absolute Gasteiger partial charge is 0.222 e. The van der Waals surface area contributed by atoms with Crippen molar-refractivity contribution in [1.29, 1.82) is 0 Å². The first-order chi connectivity index (χ1) is 15.2. The maximum Gasteiger partial charge on any atom is 0.222 e. The number of guanidine groups is 1. The van der Waals surface area contributed by atoms with E-state index < -0.39 is 0 Å². The van der Waals surface area contributed by atoms with Gasteiger partial charge < -0.3 is 19.9 Å². The lowest BCUT2D eigenvalue weighted by Gasteiger charge is -2.37. The molecule has 1 atom stereocenters. The molecular formula is C24H37IN4O2S. The number of carbonyl (C=O) groups is 1. The molecule has 0 aromatic heterocycles. The average Bonchev–Trinajstić information content (AvgIpc) is 3.37. The van der Waals surface area contributed by atoms with Crippen molar-refractivity contribution in [3.8, 4) is 0 Å². The molecule has 3 aliphatic heterocycles. The van der Waals surface area contributed by atoms with Crippen molar-refractivity contribution in [2.24, 2.45) is 4.99 Å². The first kappa shape index (κ1) is 25.6. The number of thioether (sulfide) groups is 1. The molecule has 0 bridgehead atoms. The number of fused-ring (bicyclic) bond motifs is 1. The molecule has 1 N–H and O–H groups in total. The second kappa shape index (κ2) is 11.9. The van der Waals surface area contributed by atoms with Gasteiger partial charge in [0, 0.05) is 69.2 Å². The van der Waals surface area contributed by atoms with Crippen LogP contribution in [0.5, 0.6) is 0 Å². The Hall–Kier alpha value is -1.000. The Morgan fingerprint density at radius 1 is 1.31 bits per heavy atom. The lowest BCUT2D eigenvalue weighted by molar-refractivity contribution is -0.127. The maximum atomic E-state index is 12.0. The van der Waals surface area contributed by atoms with Gasteiger partial charge in [-0.1, -0.05) is 25.1 Å². The van der Waals surface area contributed by atoms with Crippen LogP contribution >= 0.6 is 35.7 Å². The summed E-state index contributed by atoms with van der Waals surface area (Å²) in [6, 6.07) is 8.68. The van der Waals surface area contributed by atoms with Crippen molar-refractivity contribution < 1.29 is 9.53 Å². The van der Waals surface area contributed by atoms with Crippen LogP contribution in [0.4, 0.5) is 5.69 Å². The predicted octanol–water partition coefficient (Wildman–Crippen LogP) is 4.10. The summed E-state index contributed by atoms with van der Waals surface area (Å²) in [6.45, 7) is 7.53. The molecular weight excluding hydrogens is 535 g/mol. The number of hydrogen-bond acceptors (Lipinski definition) is 4. The van der Waals surface area contributed by atoms with E-state index in [1.807, 2.05) is 23.7 Å². The van der Waals surface area contributed by atoms with Crippen LogP contribution in [0.25, 0.3) is 0 Å². The van der Waals surface area contributed by atoms with Crippen molar-refractivity contribution >= 4 is 53.3 Å². The minimum absolute atomic E-state index is 0. The number of nitrogens with zero attached hydrogens (tertiary/aromatic N) is 3. The van der Waals surface area contributed by atoms with Crippen LogP contribution in [-0.4, -0.2) is 73.7 Å². The summed E-state index contributed by atoms with van der Waals surface area (Å²) in [6.07, 6.45) is 4.89. The molecule has 178 valence electrons. The molecule has 4 rings (SSSR count). The third kappa shape index (κ3) is 5.73. The summed E-state index contributed by atoms with van der Waals surface area (Å²) < 4.78 is 5.85. The highest BCUT2D eigenvalue weighted by molar-refractivity contribution is 14.0. The number of rotatable bonds is 7. The Morgan fingerprint density at radius 2 is 2.09 bits per heavy atom. The normalized spacial score (nSPS) is 22.6. The third-order valence-electron chi connectivity index (χ3n) is 6.88. The first-order valence-corrected chi connectivity index (χ1v) is 12.7. The molecule has 8 heteroatoms. The highest BCUT2D eigenvalue weighted by Crippen LogP contribution is 2.39. The molecule has 3 aliphatic rings. The Kier molecular flexibility index (Phi) is 9.55. The van der Waals surface area contributed by atoms with Gasteiger partial charge in [-0.05, 0) is 43.1 Å². The standard InChI is InChI=1S/C24H36N4O2S.HI/c1-3-31-24(11-15-30-16-12-24)18-26-23(25-2)28-17-19(20-7-4-5-8-21(20)28)10-14-27-13-6-9-22(27)29;/h4-5,7-8,19H,3,6,9-18H2,1-2H3,(H,25,26);1H. The number of para-hydroxylation sites is 1. The van der Waals surface area contributed by atoms with Gasteiger partial charge in [0.2, 0.25) is 5.91 Å². The van der Waals surface area contributed by atoms with E-state index in [4.69, 9.17) is 4.74 Å². The highest BCUT2D eigenvalue weighted by atomic mass is 127. The number of ether oxygens (including phenoxy) is 1. The summed E-state index contributed by atoms with van der Waals surface area (Å²) in [5, 5.41) is 3.71. The minimum atomic E-state index is 0. The molecule has 0 aliphatic carbocycles. The summed E-state index contributed by atoms with van der Waals surface area (Å²) in [7, 11) is 1.88. The fraction of sp³-hybridized carbons (Fsp3) is 0.667. The van der Waals surface area contributed by atoms with Gasteiger partial charge in [-0.25, -0.2) is 0 Å². The van der Waals surface area contributed by atoms with E-state index in [9.17, 15) is 4.79 Å². The van der Waals surface area contributed by atoms with Gasteiger partial charge in [0.1, 0.15) is 0 Å². The molecule has 1 aromatic carbocycles. The fourth-order valence-corrected chi connectivity index (χ4v) is 6.39. The Labute approximate surface area is 213 Å². The quantitative estimate of drug-likeness (QED) is 0.303. The van der Waals surface area contributed by atoms with Crippen molar-refractivity contribution in [3.63, 3.8) is 0 Å². The van der Waals surface area contributed by atoms with Crippen LogP contribution in [0.1, 0.15) is 50.5 Å². The Balaban J connectivity index is 0.00000289. The molecule has 3 heterocycles. The molecule has 1 unspecified atom stereocenters. The van der Waals surface area contributed by atoms with Crippen LogP contribution in [0, 0.1) is 0 Å². The number of carbonyl (C=O) groups excluding carboxylic acids is 1. The van der Waals surface area contributed by atoms with E-state index in [1.54, 1.807) is 0 Å². The molecule has 0 radical (unpaired) electrons. The summed E-state index contributed by atoms with van der Waals surface area (Å²) >= 11 is 2.05. The zero-order valence-corrected chi connectivity index (χ0v) is 22.5. The Morgan fingerprint density at radius 3 is 2.78 bits per heavy atom. The maximum absolute atomic E-state index is 12.0. The van der Waals surface area contributed by atoms with Crippen molar-refractivity contribution in [2.75, 3.05) is 57.1 Å². The first-order valence-electron chi connectivity index (χ1n) is 11.7. The number of hydrogen-bond donors (Lipinski definition) is 1. The monoisotopic (exact) mass is 572 g/mol. The fourth-order valence-electron chi connectivity index (χ4n) is 5.15. The van der Waals surface area contributed by atoms with Gasteiger partial charge >= 0.3 is 0 Å². The van der Waals surface area contributed by atoms with Gasteiger partial charge in [-0.15, -0.1) is 24.0 Å². The molecule has 1 aromatic rings. The van der Waals surface area contributed by atoms with Gasteiger partial charge in [-0.3, -0.25) is 9.79 Å². The van der Waals surface area contributed by atoms with Gasteiger partial charge in [0.25, 0.3) is 0 Å². The summed E-state index contributed by atoms with van der Waals surface area (Å²) in [5.41, 5.74) is 2.62. The van der Waals surface area contributed by atoms with Crippen molar-refractivity contribution in [2.45, 2.75) is 49.7 Å². The summed E-state index contributed by atoms with van der Waals surface area (Å²) in [4.78, 5) is 21.1. The second-order valence-electron chi connectivity index (χ2n) is 8.77. The van der Waals surface area contributed by atoms with Gasteiger partial charge in [0.15, 0.2) is 5.96 Å². The zero-order chi connectivity index (χ0) is 21.7. The van der Waals surface area contributed by atoms with E-state index in [-0.39, 0.29) is 28.7 Å². The zero-order valence-electron chi connectivity index (χ0n) is 19.3. The molecule has 0 spiro atoms. The van der Waals surface area contributed by atoms with Crippen molar-refractivity contribution in [3.05, 3.63) is 29.8 Å². The van der Waals surface area contributed by atoms with E-state index >= 15 is 0 Å². The Bertz CT molecular complexity index is 794.